The van der Waals surface area contributed by atoms with Gasteiger partial charge in [0.1, 0.15) is 0 Å². The second-order valence-electron chi connectivity index (χ2n) is 6.04. The van der Waals surface area contributed by atoms with Crippen LogP contribution in [0, 0.1) is 17.6 Å². The third kappa shape index (κ3) is 4.08. The number of hydrogen-bond donors (Lipinski definition) is 0. The van der Waals surface area contributed by atoms with Crippen molar-refractivity contribution in [3.05, 3.63) is 41.5 Å². The first kappa shape index (κ1) is 17.0. The van der Waals surface area contributed by atoms with Gasteiger partial charge < -0.3 is 4.74 Å². The van der Waals surface area contributed by atoms with E-state index in [2.05, 4.69) is 19.1 Å². The predicted molar refractivity (Wildman–Crippen MR) is 86.3 cm³/mol. The van der Waals surface area contributed by atoms with Crippen LogP contribution in [0.4, 0.5) is 8.78 Å². The molecule has 0 amide bonds. The van der Waals surface area contributed by atoms with Gasteiger partial charge in [0, 0.05) is 0 Å². The van der Waals surface area contributed by atoms with Crippen LogP contribution in [-0.4, -0.2) is 6.61 Å². The van der Waals surface area contributed by atoms with Crippen LogP contribution in [-0.2, 0) is 0 Å². The van der Waals surface area contributed by atoms with E-state index in [9.17, 15) is 8.78 Å². The summed E-state index contributed by atoms with van der Waals surface area (Å²) in [4.78, 5) is 0. The molecule has 1 aromatic rings. The minimum atomic E-state index is -0.843. The van der Waals surface area contributed by atoms with Gasteiger partial charge in [0.2, 0.25) is 5.82 Å². The van der Waals surface area contributed by atoms with Crippen molar-refractivity contribution in [2.45, 2.75) is 58.3 Å². The average Bonchev–Trinajstić information content (AvgIpc) is 2.53. The molecule has 2 rings (SSSR count). The lowest BCUT2D eigenvalue weighted by Gasteiger charge is -2.27. The maximum Gasteiger partial charge on any atom is 0.200 e. The van der Waals surface area contributed by atoms with Crippen LogP contribution in [0.3, 0.4) is 0 Å². The zero-order valence-corrected chi connectivity index (χ0v) is 13.6. The average molecular weight is 308 g/mol. The molecule has 1 saturated carbocycles. The normalized spacial score (nSPS) is 22.2. The molecule has 0 radical (unpaired) electrons. The Morgan fingerprint density at radius 2 is 1.82 bits per heavy atom. The molecule has 0 bridgehead atoms. The van der Waals surface area contributed by atoms with Crippen molar-refractivity contribution in [1.82, 2.24) is 0 Å². The lowest BCUT2D eigenvalue weighted by Crippen LogP contribution is -2.14. The maximum atomic E-state index is 14.2. The van der Waals surface area contributed by atoms with Gasteiger partial charge in [-0.15, -0.1) is 0 Å². The molecule has 1 fully saturated rings. The van der Waals surface area contributed by atoms with Crippen molar-refractivity contribution >= 4 is 0 Å². The molecule has 1 aliphatic rings. The fourth-order valence-electron chi connectivity index (χ4n) is 3.21. The Morgan fingerprint density at radius 1 is 1.09 bits per heavy atom. The van der Waals surface area contributed by atoms with Gasteiger partial charge in [-0.25, -0.2) is 4.39 Å². The first-order valence-corrected chi connectivity index (χ1v) is 8.44. The summed E-state index contributed by atoms with van der Waals surface area (Å²) in [5, 5.41) is 0. The fourth-order valence-corrected chi connectivity index (χ4v) is 3.21. The summed E-state index contributed by atoms with van der Waals surface area (Å²) in [6, 6.07) is 3.26. The lowest BCUT2D eigenvalue weighted by atomic mass is 9.78. The number of benzene rings is 1. The summed E-state index contributed by atoms with van der Waals surface area (Å²) in [6.45, 7) is 4.27. The molecule has 1 aliphatic carbocycles. The molecule has 122 valence electrons. The molecular weight excluding hydrogens is 282 g/mol. The topological polar surface area (TPSA) is 9.23 Å². The van der Waals surface area contributed by atoms with Crippen LogP contribution in [0.2, 0.25) is 0 Å². The Morgan fingerprint density at radius 3 is 2.45 bits per heavy atom. The molecule has 0 aromatic heterocycles. The van der Waals surface area contributed by atoms with Crippen LogP contribution < -0.4 is 4.74 Å². The molecule has 3 heteroatoms. The first-order chi connectivity index (χ1) is 10.7. The number of ether oxygens (including phenoxy) is 1. The summed E-state index contributed by atoms with van der Waals surface area (Å²) < 4.78 is 33.3. The molecular formula is C19H26F2O. The van der Waals surface area contributed by atoms with Crippen molar-refractivity contribution in [2.75, 3.05) is 6.61 Å². The minimum Gasteiger partial charge on any atom is -0.491 e. The van der Waals surface area contributed by atoms with Crippen molar-refractivity contribution in [1.29, 1.82) is 0 Å². The van der Waals surface area contributed by atoms with Gasteiger partial charge >= 0.3 is 0 Å². The highest BCUT2D eigenvalue weighted by Crippen LogP contribution is 2.39. The van der Waals surface area contributed by atoms with Crippen LogP contribution >= 0.6 is 0 Å². The van der Waals surface area contributed by atoms with Crippen molar-refractivity contribution in [3.8, 4) is 5.75 Å². The molecule has 0 aliphatic heterocycles. The molecule has 0 heterocycles. The van der Waals surface area contributed by atoms with Crippen LogP contribution in [0.1, 0.15) is 63.9 Å². The van der Waals surface area contributed by atoms with Gasteiger partial charge in [-0.2, -0.15) is 4.39 Å². The summed E-state index contributed by atoms with van der Waals surface area (Å²) in [7, 11) is 0. The molecule has 1 nitrogen and oxygen atoms in total. The molecule has 0 unspecified atom stereocenters. The van der Waals surface area contributed by atoms with Gasteiger partial charge in [-0.3, -0.25) is 0 Å². The predicted octanol–water partition coefficient (Wildman–Crippen LogP) is 5.99. The van der Waals surface area contributed by atoms with Crippen LogP contribution in [0.15, 0.2) is 24.3 Å². The van der Waals surface area contributed by atoms with E-state index in [1.165, 1.54) is 6.42 Å². The van der Waals surface area contributed by atoms with Crippen molar-refractivity contribution in [2.24, 2.45) is 5.92 Å². The van der Waals surface area contributed by atoms with Crippen molar-refractivity contribution in [3.63, 3.8) is 0 Å². The SMILES string of the molecule is CCC/C=C/C1CCC(c2ccc(OCC)c(F)c2F)CC1. The van der Waals surface area contributed by atoms with Crippen LogP contribution in [0.25, 0.3) is 0 Å². The smallest absolute Gasteiger partial charge is 0.200 e. The number of allylic oxidation sites excluding steroid dienone is 2. The monoisotopic (exact) mass is 308 g/mol. The largest absolute Gasteiger partial charge is 0.491 e. The van der Waals surface area contributed by atoms with Crippen LogP contribution in [0.5, 0.6) is 5.75 Å². The van der Waals surface area contributed by atoms with E-state index in [1.807, 2.05) is 0 Å². The van der Waals surface area contributed by atoms with Gasteiger partial charge in [-0.1, -0.05) is 31.6 Å². The maximum absolute atomic E-state index is 14.2. The van der Waals surface area contributed by atoms with E-state index in [0.717, 1.165) is 32.1 Å². The Hall–Kier alpha value is -1.38. The second-order valence-corrected chi connectivity index (χ2v) is 6.04. The van der Waals surface area contributed by atoms with Gasteiger partial charge in [0.05, 0.1) is 6.61 Å². The number of hydrogen-bond acceptors (Lipinski definition) is 1. The molecule has 0 atom stereocenters. The Kier molecular flexibility index (Phi) is 6.41. The summed E-state index contributed by atoms with van der Waals surface area (Å²) >= 11 is 0. The highest BCUT2D eigenvalue weighted by molar-refractivity contribution is 5.33. The first-order valence-electron chi connectivity index (χ1n) is 8.44. The molecule has 1 aromatic carbocycles. The third-order valence-corrected chi connectivity index (χ3v) is 4.45. The van der Waals surface area contributed by atoms with Gasteiger partial charge in [0.25, 0.3) is 0 Å². The molecule has 0 N–H and O–H groups in total. The highest BCUT2D eigenvalue weighted by Gasteiger charge is 2.25. The molecule has 22 heavy (non-hydrogen) atoms. The molecule has 0 spiro atoms. The van der Waals surface area contributed by atoms with Gasteiger partial charge in [0.15, 0.2) is 11.6 Å². The third-order valence-electron chi connectivity index (χ3n) is 4.45. The Bertz CT molecular complexity index is 502. The summed E-state index contributed by atoms with van der Waals surface area (Å²) in [5.41, 5.74) is 0.511. The Labute approximate surface area is 132 Å². The number of rotatable bonds is 6. The summed E-state index contributed by atoms with van der Waals surface area (Å²) in [5.74, 6) is -0.834. The number of unbranched alkanes of at least 4 members (excludes halogenated alkanes) is 1. The van der Waals surface area contributed by atoms with Crippen molar-refractivity contribution < 1.29 is 13.5 Å². The zero-order valence-electron chi connectivity index (χ0n) is 13.6. The van der Waals surface area contributed by atoms with E-state index in [0.29, 0.717) is 18.1 Å². The fraction of sp³-hybridized carbons (Fsp3) is 0.579. The van der Waals surface area contributed by atoms with E-state index < -0.39 is 11.6 Å². The standard InChI is InChI=1S/C19H26F2O/c1-3-5-6-7-14-8-10-15(11-9-14)16-12-13-17(22-4-2)19(21)18(16)20/h6-7,12-15H,3-5,8-11H2,1-2H3/b7-6+. The zero-order chi connectivity index (χ0) is 15.9. The summed E-state index contributed by atoms with van der Waals surface area (Å²) in [6.07, 6.45) is 10.8. The van der Waals surface area contributed by atoms with Gasteiger partial charge in [-0.05, 0) is 62.5 Å². The number of halogens is 2. The van der Waals surface area contributed by atoms with E-state index in [1.54, 1.807) is 19.1 Å². The minimum absolute atomic E-state index is 0.0138. The second kappa shape index (κ2) is 8.30. The highest BCUT2D eigenvalue weighted by atomic mass is 19.2. The Balaban J connectivity index is 2.01. The lowest BCUT2D eigenvalue weighted by molar-refractivity contribution is 0.310. The molecule has 0 saturated heterocycles. The van der Waals surface area contributed by atoms with E-state index in [4.69, 9.17) is 4.74 Å². The quantitative estimate of drug-likeness (QED) is 0.586. The van der Waals surface area contributed by atoms with E-state index >= 15 is 0 Å². The van der Waals surface area contributed by atoms with E-state index in [-0.39, 0.29) is 11.7 Å².